The second-order valence-electron chi connectivity index (χ2n) is 6.67. The molecule has 2 aliphatic rings. The van der Waals surface area contributed by atoms with Gasteiger partial charge in [-0.15, -0.1) is 0 Å². The van der Waals surface area contributed by atoms with Gasteiger partial charge in [0.1, 0.15) is 5.60 Å². The van der Waals surface area contributed by atoms with Crippen LogP contribution in [-0.2, 0) is 0 Å². The first kappa shape index (κ1) is 12.9. The van der Waals surface area contributed by atoms with Crippen LogP contribution in [0.1, 0.15) is 34.5 Å². The number of hydrogen-bond donors (Lipinski definition) is 2. The molecule has 0 unspecified atom stereocenters. The molecule has 0 radical (unpaired) electrons. The molecule has 2 N–H and O–H groups in total. The van der Waals surface area contributed by atoms with Crippen LogP contribution in [0, 0.1) is 19.8 Å². The fourth-order valence-corrected chi connectivity index (χ4v) is 3.41. The van der Waals surface area contributed by atoms with Gasteiger partial charge < -0.3 is 15.0 Å². The molecule has 0 atom stereocenters. The summed E-state index contributed by atoms with van der Waals surface area (Å²) in [5, 5.41) is 11.4. The Balaban J connectivity index is 1.58. The van der Waals surface area contributed by atoms with Crippen LogP contribution in [-0.4, -0.2) is 39.6 Å². The van der Waals surface area contributed by atoms with Crippen LogP contribution >= 0.6 is 0 Å². The number of hydrogen-bond acceptors (Lipinski definition) is 2. The summed E-state index contributed by atoms with van der Waals surface area (Å²) in [6, 6.07) is 5.80. The molecule has 4 nitrogen and oxygen atoms in total. The first-order valence-corrected chi connectivity index (χ1v) is 7.58. The van der Waals surface area contributed by atoms with E-state index < -0.39 is 5.60 Å². The van der Waals surface area contributed by atoms with Gasteiger partial charge in [-0.05, 0) is 56.4 Å². The average Bonchev–Trinajstić information content (AvgIpc) is 3.24. The van der Waals surface area contributed by atoms with Crippen molar-refractivity contribution in [3.8, 4) is 0 Å². The minimum absolute atomic E-state index is 0.0282. The highest BCUT2D eigenvalue weighted by molar-refractivity contribution is 5.99. The number of aryl methyl sites for hydroxylation is 2. The predicted octanol–water partition coefficient (Wildman–Crippen LogP) is 2.38. The number of carbonyl (C=O) groups is 1. The van der Waals surface area contributed by atoms with Crippen molar-refractivity contribution in [3.05, 3.63) is 35.0 Å². The first-order chi connectivity index (χ1) is 9.98. The van der Waals surface area contributed by atoms with Gasteiger partial charge in [0.2, 0.25) is 0 Å². The zero-order chi connectivity index (χ0) is 14.8. The van der Waals surface area contributed by atoms with E-state index in [-0.39, 0.29) is 5.91 Å². The number of H-pyrrole nitrogens is 1. The van der Waals surface area contributed by atoms with Gasteiger partial charge in [-0.1, -0.05) is 0 Å². The highest BCUT2D eigenvalue weighted by atomic mass is 16.3. The van der Waals surface area contributed by atoms with Crippen LogP contribution in [0.3, 0.4) is 0 Å². The lowest BCUT2D eigenvalue weighted by molar-refractivity contribution is -0.0958. The Morgan fingerprint density at radius 2 is 2.05 bits per heavy atom. The summed E-state index contributed by atoms with van der Waals surface area (Å²) in [4.78, 5) is 17.6. The fraction of sp³-hybridized carbons (Fsp3) is 0.471. The van der Waals surface area contributed by atoms with Crippen LogP contribution in [0.15, 0.2) is 18.2 Å². The van der Waals surface area contributed by atoms with E-state index in [1.807, 2.05) is 25.1 Å². The summed E-state index contributed by atoms with van der Waals surface area (Å²) >= 11 is 0. The van der Waals surface area contributed by atoms with E-state index in [1.54, 1.807) is 4.90 Å². The lowest BCUT2D eigenvalue weighted by Gasteiger charge is -2.47. The van der Waals surface area contributed by atoms with Gasteiger partial charge in [0, 0.05) is 22.2 Å². The number of likely N-dealkylation sites (tertiary alicyclic amines) is 1. The number of nitrogens with one attached hydrogen (secondary N) is 1. The summed E-state index contributed by atoms with van der Waals surface area (Å²) in [6.45, 7) is 5.08. The summed E-state index contributed by atoms with van der Waals surface area (Å²) in [7, 11) is 0. The molecule has 1 aliphatic heterocycles. The van der Waals surface area contributed by atoms with E-state index in [4.69, 9.17) is 0 Å². The van der Waals surface area contributed by atoms with E-state index in [1.165, 1.54) is 5.56 Å². The summed E-state index contributed by atoms with van der Waals surface area (Å²) in [5.74, 6) is 0.444. The largest absolute Gasteiger partial charge is 0.386 e. The lowest BCUT2D eigenvalue weighted by atomic mass is 9.88. The number of fused-ring (bicyclic) bond motifs is 1. The van der Waals surface area contributed by atoms with Gasteiger partial charge in [-0.3, -0.25) is 4.79 Å². The molecule has 2 aromatic rings. The van der Waals surface area contributed by atoms with E-state index >= 15 is 0 Å². The molecule has 4 heteroatoms. The normalized spacial score (nSPS) is 20.6. The van der Waals surface area contributed by atoms with Crippen LogP contribution in [0.25, 0.3) is 10.9 Å². The summed E-state index contributed by atoms with van der Waals surface area (Å²) in [6.07, 6.45) is 2.21. The Morgan fingerprint density at radius 3 is 2.71 bits per heavy atom. The minimum Gasteiger partial charge on any atom is -0.386 e. The molecule has 1 aromatic heterocycles. The molecule has 2 heterocycles. The average molecular weight is 284 g/mol. The maximum absolute atomic E-state index is 12.5. The van der Waals surface area contributed by atoms with Gasteiger partial charge in [0.15, 0.2) is 0 Å². The van der Waals surface area contributed by atoms with Gasteiger partial charge in [-0.25, -0.2) is 0 Å². The maximum Gasteiger partial charge on any atom is 0.254 e. The zero-order valence-corrected chi connectivity index (χ0v) is 12.4. The number of benzene rings is 1. The van der Waals surface area contributed by atoms with E-state index in [9.17, 15) is 9.90 Å². The molecule has 1 amide bonds. The number of β-amino-alcohol motifs (C(OH)–C–C–N with tert-alkyl or cyclic N) is 1. The Kier molecular flexibility index (Phi) is 2.52. The molecule has 2 fully saturated rings. The van der Waals surface area contributed by atoms with E-state index in [0.717, 1.165) is 29.4 Å². The summed E-state index contributed by atoms with van der Waals surface area (Å²) in [5.41, 5.74) is 3.50. The molecule has 0 bridgehead atoms. The number of aliphatic hydroxyl groups is 1. The standard InChI is InChI=1S/C17H20N2O2/c1-10-11(2)18-15-6-3-12(7-14(10)15)16(20)19-8-17(21,9-19)13-4-5-13/h3,6-7,13,18,21H,4-5,8-9H2,1-2H3. The molecule has 1 saturated heterocycles. The van der Waals surface area contributed by atoms with Crippen molar-refractivity contribution in [2.24, 2.45) is 5.92 Å². The topological polar surface area (TPSA) is 56.3 Å². The molecular weight excluding hydrogens is 264 g/mol. The monoisotopic (exact) mass is 284 g/mol. The van der Waals surface area contributed by atoms with Crippen molar-refractivity contribution in [2.45, 2.75) is 32.3 Å². The molecule has 1 saturated carbocycles. The molecule has 0 spiro atoms. The van der Waals surface area contributed by atoms with Crippen LogP contribution in [0.4, 0.5) is 0 Å². The highest BCUT2D eigenvalue weighted by Crippen LogP contribution is 2.44. The lowest BCUT2D eigenvalue weighted by Crippen LogP contribution is -2.64. The van der Waals surface area contributed by atoms with Crippen molar-refractivity contribution in [1.82, 2.24) is 9.88 Å². The second kappa shape index (κ2) is 4.10. The first-order valence-electron chi connectivity index (χ1n) is 7.58. The Labute approximate surface area is 123 Å². The molecular formula is C17H20N2O2. The molecule has 21 heavy (non-hydrogen) atoms. The number of rotatable bonds is 2. The molecule has 110 valence electrons. The van der Waals surface area contributed by atoms with Crippen molar-refractivity contribution < 1.29 is 9.90 Å². The minimum atomic E-state index is -0.611. The van der Waals surface area contributed by atoms with Gasteiger partial charge in [0.25, 0.3) is 5.91 Å². The van der Waals surface area contributed by atoms with Crippen molar-refractivity contribution in [1.29, 1.82) is 0 Å². The molecule has 4 rings (SSSR count). The number of aromatic amines is 1. The van der Waals surface area contributed by atoms with Crippen LogP contribution in [0.5, 0.6) is 0 Å². The van der Waals surface area contributed by atoms with E-state index in [0.29, 0.717) is 24.6 Å². The quantitative estimate of drug-likeness (QED) is 0.889. The molecule has 1 aliphatic carbocycles. The Morgan fingerprint density at radius 1 is 1.33 bits per heavy atom. The maximum atomic E-state index is 12.5. The summed E-state index contributed by atoms with van der Waals surface area (Å²) < 4.78 is 0. The van der Waals surface area contributed by atoms with Crippen LogP contribution in [0.2, 0.25) is 0 Å². The smallest absolute Gasteiger partial charge is 0.254 e. The highest BCUT2D eigenvalue weighted by Gasteiger charge is 2.53. The number of carbonyl (C=O) groups excluding carboxylic acids is 1. The van der Waals surface area contributed by atoms with E-state index in [2.05, 4.69) is 11.9 Å². The number of nitrogens with zero attached hydrogens (tertiary/aromatic N) is 1. The third-order valence-corrected chi connectivity index (χ3v) is 5.11. The van der Waals surface area contributed by atoms with Gasteiger partial charge in [-0.2, -0.15) is 0 Å². The van der Waals surface area contributed by atoms with Crippen molar-refractivity contribution >= 4 is 16.8 Å². The van der Waals surface area contributed by atoms with Gasteiger partial charge >= 0.3 is 0 Å². The van der Waals surface area contributed by atoms with Gasteiger partial charge in [0.05, 0.1) is 13.1 Å². The fourth-order valence-electron chi connectivity index (χ4n) is 3.41. The van der Waals surface area contributed by atoms with Crippen molar-refractivity contribution in [3.63, 3.8) is 0 Å². The van der Waals surface area contributed by atoms with Crippen LogP contribution < -0.4 is 0 Å². The third-order valence-electron chi connectivity index (χ3n) is 5.11. The second-order valence-corrected chi connectivity index (χ2v) is 6.67. The number of amides is 1. The van der Waals surface area contributed by atoms with Crippen molar-refractivity contribution in [2.75, 3.05) is 13.1 Å². The third kappa shape index (κ3) is 1.89. The zero-order valence-electron chi connectivity index (χ0n) is 12.4. The number of aromatic nitrogens is 1. The SMILES string of the molecule is Cc1[nH]c2ccc(C(=O)N3CC(O)(C4CC4)C3)cc2c1C. The Hall–Kier alpha value is -1.81. The Bertz CT molecular complexity index is 737. The molecule has 1 aromatic carbocycles. The predicted molar refractivity (Wildman–Crippen MR) is 81.4 cm³/mol.